The van der Waals surface area contributed by atoms with Crippen molar-refractivity contribution in [3.05, 3.63) is 35.4 Å². The van der Waals surface area contributed by atoms with Gasteiger partial charge in [0, 0.05) is 6.54 Å². The Labute approximate surface area is 115 Å². The lowest BCUT2D eigenvalue weighted by molar-refractivity contribution is 0.0600. The summed E-state index contributed by atoms with van der Waals surface area (Å²) in [6, 6.07) is 7.62. The molecule has 0 aromatic heterocycles. The molecule has 0 saturated heterocycles. The normalized spacial score (nSPS) is 16.3. The Morgan fingerprint density at radius 3 is 2.53 bits per heavy atom. The smallest absolute Gasteiger partial charge is 0.337 e. The maximum atomic E-state index is 11.3. The van der Waals surface area contributed by atoms with E-state index in [1.807, 2.05) is 24.3 Å². The molecule has 0 amide bonds. The van der Waals surface area contributed by atoms with Crippen LogP contribution in [-0.2, 0) is 11.3 Å². The first-order valence-electron chi connectivity index (χ1n) is 7.17. The van der Waals surface area contributed by atoms with Crippen molar-refractivity contribution in [2.45, 2.75) is 38.6 Å². The van der Waals surface area contributed by atoms with Crippen molar-refractivity contribution in [1.29, 1.82) is 0 Å². The summed E-state index contributed by atoms with van der Waals surface area (Å²) < 4.78 is 4.68. The highest BCUT2D eigenvalue weighted by molar-refractivity contribution is 5.89. The lowest BCUT2D eigenvalue weighted by atomic mass is 9.89. The van der Waals surface area contributed by atoms with Gasteiger partial charge in [-0.1, -0.05) is 31.4 Å². The van der Waals surface area contributed by atoms with Crippen LogP contribution in [0.15, 0.2) is 24.3 Å². The fraction of sp³-hybridized carbons (Fsp3) is 0.562. The van der Waals surface area contributed by atoms with Crippen molar-refractivity contribution in [2.24, 2.45) is 5.92 Å². The molecule has 19 heavy (non-hydrogen) atoms. The summed E-state index contributed by atoms with van der Waals surface area (Å²) in [5.41, 5.74) is 1.82. The minimum absolute atomic E-state index is 0.276. The Morgan fingerprint density at radius 1 is 1.21 bits per heavy atom. The van der Waals surface area contributed by atoms with E-state index in [0.717, 1.165) is 19.0 Å². The van der Waals surface area contributed by atoms with Crippen LogP contribution in [-0.4, -0.2) is 19.6 Å². The molecular formula is C16H23NO2. The number of esters is 1. The molecule has 1 saturated carbocycles. The van der Waals surface area contributed by atoms with Gasteiger partial charge in [0.1, 0.15) is 0 Å². The van der Waals surface area contributed by atoms with Gasteiger partial charge in [-0.05, 0) is 43.0 Å². The first-order valence-corrected chi connectivity index (χ1v) is 7.17. The SMILES string of the molecule is COC(=O)c1ccc(CNCC2CCCCC2)cc1. The zero-order valence-corrected chi connectivity index (χ0v) is 11.7. The van der Waals surface area contributed by atoms with Crippen molar-refractivity contribution < 1.29 is 9.53 Å². The van der Waals surface area contributed by atoms with Crippen LogP contribution in [0.3, 0.4) is 0 Å². The first-order chi connectivity index (χ1) is 9.29. The third kappa shape index (κ3) is 4.35. The van der Waals surface area contributed by atoms with E-state index < -0.39 is 0 Å². The van der Waals surface area contributed by atoms with Gasteiger partial charge in [-0.25, -0.2) is 4.79 Å². The highest BCUT2D eigenvalue weighted by atomic mass is 16.5. The monoisotopic (exact) mass is 261 g/mol. The topological polar surface area (TPSA) is 38.3 Å². The third-order valence-corrected chi connectivity index (χ3v) is 3.86. The van der Waals surface area contributed by atoms with Gasteiger partial charge in [0.15, 0.2) is 0 Å². The molecule has 1 fully saturated rings. The maximum Gasteiger partial charge on any atom is 0.337 e. The lowest BCUT2D eigenvalue weighted by Crippen LogP contribution is -2.24. The predicted molar refractivity (Wildman–Crippen MR) is 76.1 cm³/mol. The van der Waals surface area contributed by atoms with Crippen molar-refractivity contribution in [3.63, 3.8) is 0 Å². The Bertz CT molecular complexity index is 394. The van der Waals surface area contributed by atoms with E-state index in [1.54, 1.807) is 0 Å². The van der Waals surface area contributed by atoms with Crippen molar-refractivity contribution in [2.75, 3.05) is 13.7 Å². The fourth-order valence-electron chi connectivity index (χ4n) is 2.69. The molecule has 1 aromatic carbocycles. The maximum absolute atomic E-state index is 11.3. The second-order valence-corrected chi connectivity index (χ2v) is 5.32. The van der Waals surface area contributed by atoms with E-state index in [2.05, 4.69) is 10.1 Å². The summed E-state index contributed by atoms with van der Waals surface area (Å²) in [6.07, 6.45) is 6.92. The zero-order valence-electron chi connectivity index (χ0n) is 11.7. The van der Waals surface area contributed by atoms with Gasteiger partial charge in [0.05, 0.1) is 12.7 Å². The largest absolute Gasteiger partial charge is 0.465 e. The molecule has 2 rings (SSSR count). The number of hydrogen-bond donors (Lipinski definition) is 1. The van der Waals surface area contributed by atoms with E-state index >= 15 is 0 Å². The number of carbonyl (C=O) groups is 1. The Kier molecular flexibility index (Phi) is 5.40. The number of rotatable bonds is 5. The van der Waals surface area contributed by atoms with Gasteiger partial charge < -0.3 is 10.1 Å². The molecule has 3 heteroatoms. The fourth-order valence-corrected chi connectivity index (χ4v) is 2.69. The molecule has 0 spiro atoms. The average Bonchev–Trinajstić information content (AvgIpc) is 2.48. The average molecular weight is 261 g/mol. The predicted octanol–water partition coefficient (Wildman–Crippen LogP) is 3.14. The van der Waals surface area contributed by atoms with E-state index in [4.69, 9.17) is 0 Å². The molecule has 104 valence electrons. The van der Waals surface area contributed by atoms with Crippen LogP contribution in [0.25, 0.3) is 0 Å². The third-order valence-electron chi connectivity index (χ3n) is 3.86. The van der Waals surface area contributed by atoms with Crippen LogP contribution >= 0.6 is 0 Å². The van der Waals surface area contributed by atoms with Crippen LogP contribution in [0.2, 0.25) is 0 Å². The quantitative estimate of drug-likeness (QED) is 0.827. The van der Waals surface area contributed by atoms with Crippen LogP contribution < -0.4 is 5.32 Å². The summed E-state index contributed by atoms with van der Waals surface area (Å²) in [7, 11) is 1.40. The Hall–Kier alpha value is -1.35. The minimum atomic E-state index is -0.276. The van der Waals surface area contributed by atoms with Gasteiger partial charge in [0.2, 0.25) is 0 Å². The molecule has 1 aliphatic carbocycles. The van der Waals surface area contributed by atoms with Crippen LogP contribution in [0.4, 0.5) is 0 Å². The zero-order chi connectivity index (χ0) is 13.5. The van der Waals surface area contributed by atoms with Crippen molar-refractivity contribution >= 4 is 5.97 Å². The molecular weight excluding hydrogens is 238 g/mol. The molecule has 0 aliphatic heterocycles. The number of methoxy groups -OCH3 is 1. The summed E-state index contributed by atoms with van der Waals surface area (Å²) in [6.45, 7) is 1.98. The van der Waals surface area contributed by atoms with Gasteiger partial charge in [-0.3, -0.25) is 0 Å². The number of nitrogens with one attached hydrogen (secondary N) is 1. The molecule has 1 aliphatic rings. The van der Waals surface area contributed by atoms with Crippen LogP contribution in [0.5, 0.6) is 0 Å². The second kappa shape index (κ2) is 7.29. The van der Waals surface area contributed by atoms with Crippen molar-refractivity contribution in [3.8, 4) is 0 Å². The standard InChI is InChI=1S/C16H23NO2/c1-19-16(18)15-9-7-14(8-10-15)12-17-11-13-5-3-2-4-6-13/h7-10,13,17H,2-6,11-12H2,1H3. The van der Waals surface area contributed by atoms with Gasteiger partial charge in [-0.2, -0.15) is 0 Å². The molecule has 0 radical (unpaired) electrons. The van der Waals surface area contributed by atoms with E-state index in [9.17, 15) is 4.79 Å². The van der Waals surface area contributed by atoms with Crippen molar-refractivity contribution in [1.82, 2.24) is 5.32 Å². The highest BCUT2D eigenvalue weighted by Crippen LogP contribution is 2.22. The van der Waals surface area contributed by atoms with Gasteiger partial charge >= 0.3 is 5.97 Å². The van der Waals surface area contributed by atoms with E-state index in [0.29, 0.717) is 5.56 Å². The second-order valence-electron chi connectivity index (χ2n) is 5.32. The van der Waals surface area contributed by atoms with E-state index in [1.165, 1.54) is 44.8 Å². The number of ether oxygens (including phenoxy) is 1. The van der Waals surface area contributed by atoms with Crippen LogP contribution in [0.1, 0.15) is 48.0 Å². The molecule has 0 bridgehead atoms. The Morgan fingerprint density at radius 2 is 1.89 bits per heavy atom. The first kappa shape index (κ1) is 14.1. The van der Waals surface area contributed by atoms with Gasteiger partial charge in [-0.15, -0.1) is 0 Å². The molecule has 0 heterocycles. The molecule has 1 aromatic rings. The summed E-state index contributed by atoms with van der Waals surface area (Å²) in [4.78, 5) is 11.3. The molecule has 3 nitrogen and oxygen atoms in total. The number of hydrogen-bond acceptors (Lipinski definition) is 3. The highest BCUT2D eigenvalue weighted by Gasteiger charge is 2.12. The number of carbonyl (C=O) groups excluding carboxylic acids is 1. The van der Waals surface area contributed by atoms with Gasteiger partial charge in [0.25, 0.3) is 0 Å². The molecule has 0 unspecified atom stereocenters. The summed E-state index contributed by atoms with van der Waals surface area (Å²) in [5.74, 6) is 0.574. The lowest BCUT2D eigenvalue weighted by Gasteiger charge is -2.21. The summed E-state index contributed by atoms with van der Waals surface area (Å²) in [5, 5.41) is 3.52. The van der Waals surface area contributed by atoms with Crippen LogP contribution in [0, 0.1) is 5.92 Å². The van der Waals surface area contributed by atoms with E-state index in [-0.39, 0.29) is 5.97 Å². The summed E-state index contributed by atoms with van der Waals surface area (Å²) >= 11 is 0. The molecule has 1 N–H and O–H groups in total. The Balaban J connectivity index is 1.75. The minimum Gasteiger partial charge on any atom is -0.465 e. The molecule has 0 atom stereocenters. The number of benzene rings is 1.